The van der Waals surface area contributed by atoms with Gasteiger partial charge in [-0.15, -0.1) is 11.3 Å². The number of aliphatic carboxylic acids is 1. The van der Waals surface area contributed by atoms with Gasteiger partial charge in [0.25, 0.3) is 0 Å². The summed E-state index contributed by atoms with van der Waals surface area (Å²) >= 11 is 1.32. The Hall–Kier alpha value is -2.67. The van der Waals surface area contributed by atoms with Crippen molar-refractivity contribution in [3.8, 4) is 11.1 Å². The largest absolute Gasteiger partial charge is 0.481 e. The Morgan fingerprint density at radius 3 is 2.39 bits per heavy atom. The quantitative estimate of drug-likeness (QED) is 0.587. The lowest BCUT2D eigenvalue weighted by molar-refractivity contribution is -0.147. The number of carboxylic acid groups (broad SMARTS) is 1. The highest BCUT2D eigenvalue weighted by Gasteiger charge is 2.37. The fourth-order valence-corrected chi connectivity index (χ4v) is 5.29. The first-order valence-corrected chi connectivity index (χ1v) is 11.5. The number of carbonyl (C=O) groups is 3. The molecule has 1 heterocycles. The van der Waals surface area contributed by atoms with Crippen molar-refractivity contribution >= 4 is 34.2 Å². The van der Waals surface area contributed by atoms with E-state index in [1.54, 1.807) is 6.92 Å². The molecule has 1 aromatic carbocycles. The maximum atomic E-state index is 13.1. The number of hydrogen-bond donors (Lipinski definition) is 2. The Morgan fingerprint density at radius 1 is 1.10 bits per heavy atom. The summed E-state index contributed by atoms with van der Waals surface area (Å²) in [6, 6.07) is 6.00. The van der Waals surface area contributed by atoms with Gasteiger partial charge in [-0.05, 0) is 57.2 Å². The smallest absolute Gasteiger partial charge is 0.341 e. The predicted molar refractivity (Wildman–Crippen MR) is 122 cm³/mol. The summed E-state index contributed by atoms with van der Waals surface area (Å²) in [5, 5.41) is 12.8. The van der Waals surface area contributed by atoms with Crippen LogP contribution < -0.4 is 5.32 Å². The van der Waals surface area contributed by atoms with E-state index in [0.717, 1.165) is 40.0 Å². The van der Waals surface area contributed by atoms with Crippen molar-refractivity contribution in [3.05, 3.63) is 39.8 Å². The van der Waals surface area contributed by atoms with E-state index in [9.17, 15) is 19.5 Å². The Bertz CT molecular complexity index is 1010. The third kappa shape index (κ3) is 4.82. The molecule has 3 rings (SSSR count). The van der Waals surface area contributed by atoms with Gasteiger partial charge in [0.15, 0.2) is 0 Å². The third-order valence-corrected chi connectivity index (χ3v) is 7.04. The first kappa shape index (κ1) is 23.0. The van der Waals surface area contributed by atoms with Crippen LogP contribution >= 0.6 is 11.3 Å². The van der Waals surface area contributed by atoms with Crippen molar-refractivity contribution in [2.24, 2.45) is 11.8 Å². The molecule has 1 aliphatic rings. The molecule has 1 aromatic heterocycles. The lowest BCUT2D eigenvalue weighted by Crippen LogP contribution is -2.36. The summed E-state index contributed by atoms with van der Waals surface area (Å²) in [5.74, 6) is -3.07. The summed E-state index contributed by atoms with van der Waals surface area (Å²) in [7, 11) is 0. The molecule has 2 aromatic rings. The maximum absolute atomic E-state index is 13.1. The zero-order valence-corrected chi connectivity index (χ0v) is 19.2. The number of benzene rings is 1. The number of anilines is 1. The number of thiophene rings is 1. The van der Waals surface area contributed by atoms with E-state index in [-0.39, 0.29) is 12.5 Å². The van der Waals surface area contributed by atoms with Gasteiger partial charge in [-0.25, -0.2) is 4.79 Å². The number of amides is 1. The third-order valence-electron chi connectivity index (χ3n) is 6.02. The predicted octanol–water partition coefficient (Wildman–Crippen LogP) is 5.35. The van der Waals surface area contributed by atoms with Crippen molar-refractivity contribution in [1.82, 2.24) is 0 Å². The van der Waals surface area contributed by atoms with Gasteiger partial charge in [-0.3, -0.25) is 9.59 Å². The van der Waals surface area contributed by atoms with Gasteiger partial charge >= 0.3 is 11.9 Å². The number of esters is 1. The molecule has 0 spiro atoms. The van der Waals surface area contributed by atoms with Gasteiger partial charge in [0, 0.05) is 10.4 Å². The zero-order chi connectivity index (χ0) is 22.7. The fraction of sp³-hybridized carbons (Fsp3) is 0.458. The Morgan fingerprint density at radius 2 is 1.77 bits per heavy atom. The second kappa shape index (κ2) is 9.64. The van der Waals surface area contributed by atoms with Crippen LogP contribution in [0.4, 0.5) is 5.00 Å². The second-order valence-corrected chi connectivity index (χ2v) is 9.31. The average molecular weight is 444 g/mol. The molecule has 0 bridgehead atoms. The molecule has 2 N–H and O–H groups in total. The van der Waals surface area contributed by atoms with Crippen molar-refractivity contribution in [1.29, 1.82) is 0 Å². The van der Waals surface area contributed by atoms with E-state index in [1.165, 1.54) is 11.3 Å². The van der Waals surface area contributed by atoms with Gasteiger partial charge in [-0.1, -0.05) is 31.0 Å². The molecular formula is C24H29NO5S. The van der Waals surface area contributed by atoms with E-state index >= 15 is 0 Å². The minimum Gasteiger partial charge on any atom is -0.481 e. The number of carboxylic acids is 1. The zero-order valence-electron chi connectivity index (χ0n) is 18.4. The van der Waals surface area contributed by atoms with Crippen LogP contribution in [0.3, 0.4) is 0 Å². The van der Waals surface area contributed by atoms with Gasteiger partial charge in [0.2, 0.25) is 5.91 Å². The topological polar surface area (TPSA) is 92.7 Å². The Balaban J connectivity index is 2.02. The SMILES string of the molecule is CCOC(=O)c1c(NC(=O)[C@H]2CCCC[C@H]2C(=O)O)sc(C)c1-c1ccc(C)c(C)c1. The number of rotatable bonds is 6. The number of hydrogen-bond acceptors (Lipinski definition) is 5. The lowest BCUT2D eigenvalue weighted by atomic mass is 9.78. The molecule has 31 heavy (non-hydrogen) atoms. The molecule has 166 valence electrons. The highest BCUT2D eigenvalue weighted by molar-refractivity contribution is 7.17. The molecule has 1 fully saturated rings. The summed E-state index contributed by atoms with van der Waals surface area (Å²) in [5.41, 5.74) is 4.24. The average Bonchev–Trinajstić information content (AvgIpc) is 3.05. The molecule has 7 heteroatoms. The number of ether oxygens (including phenoxy) is 1. The molecule has 0 saturated heterocycles. The van der Waals surface area contributed by atoms with Crippen molar-refractivity contribution in [2.45, 2.75) is 53.4 Å². The molecule has 1 saturated carbocycles. The van der Waals surface area contributed by atoms with Crippen LogP contribution in [0.25, 0.3) is 11.1 Å². The summed E-state index contributed by atoms with van der Waals surface area (Å²) in [4.78, 5) is 38.5. The van der Waals surface area contributed by atoms with E-state index < -0.39 is 23.8 Å². The van der Waals surface area contributed by atoms with E-state index in [2.05, 4.69) is 5.32 Å². The van der Waals surface area contributed by atoms with Gasteiger partial charge in [0.1, 0.15) is 10.6 Å². The van der Waals surface area contributed by atoms with E-state index in [0.29, 0.717) is 23.4 Å². The molecule has 0 radical (unpaired) electrons. The van der Waals surface area contributed by atoms with Crippen LogP contribution in [0.1, 0.15) is 59.0 Å². The first-order chi connectivity index (χ1) is 14.7. The van der Waals surface area contributed by atoms with Crippen LogP contribution in [0.5, 0.6) is 0 Å². The normalized spacial score (nSPS) is 18.5. The first-order valence-electron chi connectivity index (χ1n) is 10.7. The molecule has 1 amide bonds. The molecular weight excluding hydrogens is 414 g/mol. The maximum Gasteiger partial charge on any atom is 0.341 e. The molecule has 0 unspecified atom stereocenters. The standard InChI is InChI=1S/C24H29NO5S/c1-5-30-24(29)20-19(16-11-10-13(2)14(3)12-16)15(4)31-22(20)25-21(26)17-8-6-7-9-18(17)23(27)28/h10-12,17-18H,5-9H2,1-4H3,(H,25,26)(H,27,28)/t17-,18+/m0/s1. The highest BCUT2D eigenvalue weighted by Crippen LogP contribution is 2.42. The minimum absolute atomic E-state index is 0.219. The van der Waals surface area contributed by atoms with E-state index in [1.807, 2.05) is 39.0 Å². The summed E-state index contributed by atoms with van der Waals surface area (Å²) in [6.45, 7) is 7.92. The monoisotopic (exact) mass is 443 g/mol. The molecule has 1 aliphatic carbocycles. The fourth-order valence-electron chi connectivity index (χ4n) is 4.22. The molecule has 2 atom stereocenters. The van der Waals surface area contributed by atoms with Gasteiger partial charge in [-0.2, -0.15) is 0 Å². The van der Waals surface area contributed by atoms with Crippen LogP contribution in [0.15, 0.2) is 18.2 Å². The number of nitrogens with one attached hydrogen (secondary N) is 1. The van der Waals surface area contributed by atoms with Crippen molar-refractivity contribution < 1.29 is 24.2 Å². The van der Waals surface area contributed by atoms with Crippen LogP contribution in [0, 0.1) is 32.6 Å². The lowest BCUT2D eigenvalue weighted by Gasteiger charge is -2.27. The van der Waals surface area contributed by atoms with Crippen LogP contribution in [0.2, 0.25) is 0 Å². The van der Waals surface area contributed by atoms with Crippen molar-refractivity contribution in [3.63, 3.8) is 0 Å². The van der Waals surface area contributed by atoms with Gasteiger partial charge < -0.3 is 15.2 Å². The summed E-state index contributed by atoms with van der Waals surface area (Å²) in [6.07, 6.45) is 2.66. The number of carbonyl (C=O) groups excluding carboxylic acids is 2. The molecule has 6 nitrogen and oxygen atoms in total. The highest BCUT2D eigenvalue weighted by atomic mass is 32.1. The van der Waals surface area contributed by atoms with Crippen molar-refractivity contribution in [2.75, 3.05) is 11.9 Å². The number of aryl methyl sites for hydroxylation is 3. The van der Waals surface area contributed by atoms with Gasteiger partial charge in [0.05, 0.1) is 18.4 Å². The van der Waals surface area contributed by atoms with Crippen LogP contribution in [-0.4, -0.2) is 29.6 Å². The van der Waals surface area contributed by atoms with E-state index in [4.69, 9.17) is 4.74 Å². The minimum atomic E-state index is -0.941. The Kier molecular flexibility index (Phi) is 7.15. The molecule has 0 aliphatic heterocycles. The van der Waals surface area contributed by atoms with Crippen LogP contribution in [-0.2, 0) is 14.3 Å². The summed E-state index contributed by atoms with van der Waals surface area (Å²) < 4.78 is 5.31. The second-order valence-electron chi connectivity index (χ2n) is 8.08. The Labute approximate surface area is 186 Å².